The minimum atomic E-state index is -0.0822. The van der Waals surface area contributed by atoms with Crippen molar-refractivity contribution >= 4 is 31.9 Å². The van der Waals surface area contributed by atoms with E-state index >= 15 is 0 Å². The van der Waals surface area contributed by atoms with E-state index in [1.807, 2.05) is 25.1 Å². The standard InChI is InChI=1S/C12H10Br2O2/c1-7-4-9(13)12(10(14)5-7)11-3-2-8(6-15)16-11/h2-5,15H,6H2,1H3. The number of aryl methyl sites for hydroxylation is 1. The Balaban J connectivity index is 2.55. The predicted molar refractivity (Wildman–Crippen MR) is 70.2 cm³/mol. The van der Waals surface area contributed by atoms with Gasteiger partial charge in [-0.05, 0) is 68.6 Å². The molecule has 0 aliphatic carbocycles. The molecule has 1 aromatic heterocycles. The lowest BCUT2D eigenvalue weighted by molar-refractivity contribution is 0.248. The summed E-state index contributed by atoms with van der Waals surface area (Å²) in [4.78, 5) is 0. The van der Waals surface area contributed by atoms with Crippen LogP contribution in [0.2, 0.25) is 0 Å². The number of aliphatic hydroxyl groups is 1. The molecule has 84 valence electrons. The zero-order valence-corrected chi connectivity index (χ0v) is 11.8. The summed E-state index contributed by atoms with van der Waals surface area (Å²) in [5.41, 5.74) is 2.13. The molecule has 2 aromatic rings. The topological polar surface area (TPSA) is 33.4 Å². The number of rotatable bonds is 2. The van der Waals surface area contributed by atoms with Gasteiger partial charge in [-0.15, -0.1) is 0 Å². The fraction of sp³-hybridized carbons (Fsp3) is 0.167. The van der Waals surface area contributed by atoms with Crippen LogP contribution in [0, 0.1) is 6.92 Å². The minimum absolute atomic E-state index is 0.0822. The fourth-order valence-electron chi connectivity index (χ4n) is 1.53. The van der Waals surface area contributed by atoms with Crippen molar-refractivity contribution in [1.29, 1.82) is 0 Å². The molecule has 1 N–H and O–H groups in total. The maximum absolute atomic E-state index is 8.96. The summed E-state index contributed by atoms with van der Waals surface area (Å²) in [5.74, 6) is 1.30. The third-order valence-corrected chi connectivity index (χ3v) is 3.50. The molecule has 0 atom stereocenters. The van der Waals surface area contributed by atoms with Crippen molar-refractivity contribution in [1.82, 2.24) is 0 Å². The lowest BCUT2D eigenvalue weighted by atomic mass is 10.1. The Labute approximate surface area is 111 Å². The summed E-state index contributed by atoms with van der Waals surface area (Å²) in [6, 6.07) is 7.68. The van der Waals surface area contributed by atoms with Crippen molar-refractivity contribution in [2.24, 2.45) is 0 Å². The Hall–Kier alpha value is -0.580. The second-order valence-corrected chi connectivity index (χ2v) is 5.24. The number of aliphatic hydroxyl groups excluding tert-OH is 1. The van der Waals surface area contributed by atoms with Crippen LogP contribution in [0.1, 0.15) is 11.3 Å². The molecule has 0 saturated heterocycles. The number of benzene rings is 1. The summed E-state index contributed by atoms with van der Waals surface area (Å²) < 4.78 is 7.45. The van der Waals surface area contributed by atoms with Gasteiger partial charge in [0.25, 0.3) is 0 Å². The van der Waals surface area contributed by atoms with Crippen LogP contribution in [-0.4, -0.2) is 5.11 Å². The van der Waals surface area contributed by atoms with Crippen molar-refractivity contribution < 1.29 is 9.52 Å². The Kier molecular flexibility index (Phi) is 3.52. The molecule has 1 heterocycles. The summed E-state index contributed by atoms with van der Waals surface area (Å²) in [6.45, 7) is 1.95. The Bertz CT molecular complexity index is 494. The van der Waals surface area contributed by atoms with E-state index in [2.05, 4.69) is 31.9 Å². The van der Waals surface area contributed by atoms with Gasteiger partial charge < -0.3 is 9.52 Å². The normalized spacial score (nSPS) is 10.8. The second kappa shape index (κ2) is 4.73. The highest BCUT2D eigenvalue weighted by atomic mass is 79.9. The lowest BCUT2D eigenvalue weighted by Gasteiger charge is -2.06. The molecule has 2 nitrogen and oxygen atoms in total. The SMILES string of the molecule is Cc1cc(Br)c(-c2ccc(CO)o2)c(Br)c1. The smallest absolute Gasteiger partial charge is 0.136 e. The number of furan rings is 1. The molecule has 0 amide bonds. The molecule has 0 aliphatic heterocycles. The minimum Gasteiger partial charge on any atom is -0.459 e. The molecule has 0 radical (unpaired) electrons. The summed E-state index contributed by atoms with van der Waals surface area (Å²) in [7, 11) is 0. The molecule has 1 aromatic carbocycles. The molecule has 2 rings (SSSR count). The van der Waals surface area contributed by atoms with Gasteiger partial charge in [0.2, 0.25) is 0 Å². The highest BCUT2D eigenvalue weighted by Crippen LogP contribution is 2.37. The fourth-order valence-corrected chi connectivity index (χ4v) is 3.34. The van der Waals surface area contributed by atoms with Crippen molar-refractivity contribution in [3.8, 4) is 11.3 Å². The Morgan fingerprint density at radius 2 is 1.81 bits per heavy atom. The largest absolute Gasteiger partial charge is 0.459 e. The van der Waals surface area contributed by atoms with Crippen LogP contribution in [0.25, 0.3) is 11.3 Å². The van der Waals surface area contributed by atoms with E-state index in [1.165, 1.54) is 0 Å². The maximum Gasteiger partial charge on any atom is 0.136 e. The predicted octanol–water partition coefficient (Wildman–Crippen LogP) is 4.27. The number of hydrogen-bond acceptors (Lipinski definition) is 2. The van der Waals surface area contributed by atoms with E-state index in [4.69, 9.17) is 9.52 Å². The van der Waals surface area contributed by atoms with Gasteiger partial charge in [0, 0.05) is 14.5 Å². The first-order valence-corrected chi connectivity index (χ1v) is 6.36. The summed E-state index contributed by atoms with van der Waals surface area (Å²) >= 11 is 7.03. The molecular weight excluding hydrogens is 336 g/mol. The third kappa shape index (κ3) is 2.24. The third-order valence-electron chi connectivity index (χ3n) is 2.25. The van der Waals surface area contributed by atoms with Crippen molar-refractivity contribution in [3.63, 3.8) is 0 Å². The molecule has 0 aliphatic rings. The first-order chi connectivity index (χ1) is 7.61. The van der Waals surface area contributed by atoms with Gasteiger partial charge in [0.15, 0.2) is 0 Å². The van der Waals surface area contributed by atoms with Gasteiger partial charge in [-0.25, -0.2) is 0 Å². The number of halogens is 2. The molecule has 4 heteroatoms. The average molecular weight is 346 g/mol. The van der Waals surface area contributed by atoms with Gasteiger partial charge in [-0.2, -0.15) is 0 Å². The average Bonchev–Trinajstić information content (AvgIpc) is 2.64. The number of hydrogen-bond donors (Lipinski definition) is 1. The molecule has 16 heavy (non-hydrogen) atoms. The van der Waals surface area contributed by atoms with E-state index in [9.17, 15) is 0 Å². The van der Waals surface area contributed by atoms with Gasteiger partial charge >= 0.3 is 0 Å². The van der Waals surface area contributed by atoms with Crippen LogP contribution in [0.5, 0.6) is 0 Å². The Morgan fingerprint density at radius 3 is 2.31 bits per heavy atom. The molecule has 0 spiro atoms. The van der Waals surface area contributed by atoms with E-state index in [-0.39, 0.29) is 6.61 Å². The molecule has 0 bridgehead atoms. The monoisotopic (exact) mass is 344 g/mol. The van der Waals surface area contributed by atoms with Crippen molar-refractivity contribution in [3.05, 3.63) is 44.5 Å². The summed E-state index contributed by atoms with van der Waals surface area (Å²) in [5, 5.41) is 8.96. The molecular formula is C12H10Br2O2. The second-order valence-electron chi connectivity index (χ2n) is 3.53. The first kappa shape index (κ1) is 11.9. The molecule has 0 saturated carbocycles. The van der Waals surface area contributed by atoms with E-state index < -0.39 is 0 Å². The van der Waals surface area contributed by atoms with E-state index in [0.29, 0.717) is 5.76 Å². The van der Waals surface area contributed by atoms with Crippen molar-refractivity contribution in [2.45, 2.75) is 13.5 Å². The van der Waals surface area contributed by atoms with Crippen LogP contribution in [-0.2, 0) is 6.61 Å². The van der Waals surface area contributed by atoms with Gasteiger partial charge in [0.05, 0.1) is 0 Å². The first-order valence-electron chi connectivity index (χ1n) is 4.77. The van der Waals surface area contributed by atoms with Crippen LogP contribution in [0.15, 0.2) is 37.6 Å². The van der Waals surface area contributed by atoms with Crippen molar-refractivity contribution in [2.75, 3.05) is 0 Å². The van der Waals surface area contributed by atoms with Crippen LogP contribution >= 0.6 is 31.9 Å². The van der Waals surface area contributed by atoms with Crippen LogP contribution in [0.4, 0.5) is 0 Å². The van der Waals surface area contributed by atoms with Gasteiger partial charge in [-0.1, -0.05) is 0 Å². The maximum atomic E-state index is 8.96. The van der Waals surface area contributed by atoms with Crippen LogP contribution in [0.3, 0.4) is 0 Å². The lowest BCUT2D eigenvalue weighted by Crippen LogP contribution is -1.82. The van der Waals surface area contributed by atoms with E-state index in [0.717, 1.165) is 25.8 Å². The quantitative estimate of drug-likeness (QED) is 0.881. The summed E-state index contributed by atoms with van der Waals surface area (Å²) in [6.07, 6.45) is 0. The highest BCUT2D eigenvalue weighted by molar-refractivity contribution is 9.11. The van der Waals surface area contributed by atoms with E-state index in [1.54, 1.807) is 6.07 Å². The highest BCUT2D eigenvalue weighted by Gasteiger charge is 2.12. The zero-order chi connectivity index (χ0) is 11.7. The molecule has 0 fully saturated rings. The van der Waals surface area contributed by atoms with Gasteiger partial charge in [0.1, 0.15) is 18.1 Å². The molecule has 0 unspecified atom stereocenters. The zero-order valence-electron chi connectivity index (χ0n) is 8.63. The Morgan fingerprint density at radius 1 is 1.19 bits per heavy atom. The van der Waals surface area contributed by atoms with Gasteiger partial charge in [-0.3, -0.25) is 0 Å². The van der Waals surface area contributed by atoms with Crippen LogP contribution < -0.4 is 0 Å².